The van der Waals surface area contributed by atoms with Crippen molar-refractivity contribution >= 4 is 0 Å². The molecule has 0 atom stereocenters. The Kier molecular flexibility index (Phi) is 36.9. The smallest absolute Gasteiger partial charge is 0.850 e. The summed E-state index contributed by atoms with van der Waals surface area (Å²) < 4.78 is 0. The summed E-state index contributed by atoms with van der Waals surface area (Å²) in [7, 11) is 0. The summed E-state index contributed by atoms with van der Waals surface area (Å²) >= 11 is 0. The zero-order valence-corrected chi connectivity index (χ0v) is 31.0. The van der Waals surface area contributed by atoms with Crippen LogP contribution in [0.1, 0.15) is 163 Å². The molecule has 0 rings (SSSR count). The quantitative estimate of drug-likeness (QED) is 0.416. The van der Waals surface area contributed by atoms with Crippen LogP contribution in [-0.2, 0) is 21.1 Å². The van der Waals surface area contributed by atoms with Crippen LogP contribution in [0.2, 0.25) is 0 Å². The molecular formula is C30H66O6W. The Labute approximate surface area is 248 Å². The van der Waals surface area contributed by atoms with E-state index in [2.05, 4.69) is 0 Å². The van der Waals surface area contributed by atoms with Gasteiger partial charge in [0.05, 0.1) is 0 Å². The Balaban J connectivity index is -0.0000000581. The molecule has 0 saturated carbocycles. The molecule has 0 bridgehead atoms. The van der Waals surface area contributed by atoms with E-state index in [9.17, 15) is 30.6 Å². The van der Waals surface area contributed by atoms with Crippen LogP contribution in [0.15, 0.2) is 0 Å². The Morgan fingerprint density at radius 2 is 0.297 bits per heavy atom. The van der Waals surface area contributed by atoms with Gasteiger partial charge in [0.2, 0.25) is 0 Å². The van der Waals surface area contributed by atoms with Crippen molar-refractivity contribution in [3.05, 3.63) is 0 Å². The van der Waals surface area contributed by atoms with Gasteiger partial charge in [-0.2, -0.15) is 0 Å². The second-order valence-electron chi connectivity index (χ2n) is 12.7. The Morgan fingerprint density at radius 1 is 0.270 bits per heavy atom. The van der Waals surface area contributed by atoms with Crippen molar-refractivity contribution in [2.24, 2.45) is 0 Å². The first-order valence-electron chi connectivity index (χ1n) is 13.6. The Bertz CT molecular complexity index is 317. The van der Waals surface area contributed by atoms with E-state index >= 15 is 0 Å². The molecule has 37 heavy (non-hydrogen) atoms. The minimum absolute atomic E-state index is 0. The summed E-state index contributed by atoms with van der Waals surface area (Å²) in [6.45, 7) is 31.6. The molecule has 0 saturated heterocycles. The van der Waals surface area contributed by atoms with Crippen molar-refractivity contribution < 1.29 is 51.7 Å². The van der Waals surface area contributed by atoms with Gasteiger partial charge in [0.1, 0.15) is 0 Å². The molecule has 0 heterocycles. The minimum Gasteiger partial charge on any atom is -0.850 e. The maximum absolute atomic E-state index is 10.5. The molecule has 0 aliphatic heterocycles. The van der Waals surface area contributed by atoms with Gasteiger partial charge in [-0.05, 0) is 0 Å². The maximum atomic E-state index is 10.5. The summed E-state index contributed by atoms with van der Waals surface area (Å²) in [6, 6.07) is 0. The Hall–Kier alpha value is 0.448. The molecule has 7 heteroatoms. The summed E-state index contributed by atoms with van der Waals surface area (Å²) in [5, 5.41) is 62.8. The second-order valence-corrected chi connectivity index (χ2v) is 12.7. The van der Waals surface area contributed by atoms with Crippen LogP contribution in [-0.4, -0.2) is 33.6 Å². The summed E-state index contributed by atoms with van der Waals surface area (Å²) in [5.41, 5.74) is -4.25. The number of hydrogen-bond donors (Lipinski definition) is 0. The van der Waals surface area contributed by atoms with E-state index in [0.29, 0.717) is 38.5 Å². The molecule has 6 nitrogen and oxygen atoms in total. The largest absolute Gasteiger partial charge is 6.00 e. The fraction of sp³-hybridized carbons (Fsp3) is 1.00. The molecule has 0 aromatic carbocycles. The third-order valence-corrected chi connectivity index (χ3v) is 5.11. The van der Waals surface area contributed by atoms with Gasteiger partial charge in [-0.3, -0.25) is 0 Å². The zero-order valence-electron chi connectivity index (χ0n) is 28.1. The van der Waals surface area contributed by atoms with E-state index in [-0.39, 0.29) is 21.1 Å². The maximum Gasteiger partial charge on any atom is 6.00 e. The standard InChI is InChI=1S/6C5H11O.W/c6*1-4-5(2,3)6;/h6*4H2,1-3H3;/q6*-1;+6. The van der Waals surface area contributed by atoms with Crippen molar-refractivity contribution in [1.82, 2.24) is 0 Å². The summed E-state index contributed by atoms with van der Waals surface area (Å²) in [4.78, 5) is 0. The minimum atomic E-state index is -0.708. The van der Waals surface area contributed by atoms with Crippen LogP contribution in [0.5, 0.6) is 0 Å². The Morgan fingerprint density at radius 3 is 0.297 bits per heavy atom. The van der Waals surface area contributed by atoms with Crippen LogP contribution in [0.4, 0.5) is 0 Å². The zero-order chi connectivity index (χ0) is 31.2. The molecule has 0 aliphatic carbocycles. The van der Waals surface area contributed by atoms with E-state index in [0.717, 1.165) is 0 Å². The number of hydrogen-bond acceptors (Lipinski definition) is 6. The monoisotopic (exact) mass is 706 g/mol. The number of rotatable bonds is 6. The second kappa shape index (κ2) is 25.4. The molecule has 0 fully saturated rings. The van der Waals surface area contributed by atoms with Crippen LogP contribution >= 0.6 is 0 Å². The van der Waals surface area contributed by atoms with E-state index in [1.807, 2.05) is 41.5 Å². The average molecular weight is 707 g/mol. The first-order chi connectivity index (χ1) is 15.4. The van der Waals surface area contributed by atoms with Gasteiger partial charge < -0.3 is 30.6 Å². The molecule has 0 aromatic rings. The molecule has 0 N–H and O–H groups in total. The molecule has 0 amide bonds. The van der Waals surface area contributed by atoms with E-state index in [1.165, 1.54) is 0 Å². The molecule has 228 valence electrons. The molecule has 0 spiro atoms. The third kappa shape index (κ3) is 127. The van der Waals surface area contributed by atoms with Gasteiger partial charge >= 0.3 is 21.1 Å². The van der Waals surface area contributed by atoms with E-state index in [1.54, 1.807) is 83.1 Å². The topological polar surface area (TPSA) is 138 Å². The van der Waals surface area contributed by atoms with Crippen molar-refractivity contribution in [2.45, 2.75) is 197 Å². The molecular weight excluding hydrogens is 640 g/mol. The fourth-order valence-electron chi connectivity index (χ4n) is 0. The van der Waals surface area contributed by atoms with Crippen LogP contribution in [0.3, 0.4) is 0 Å². The van der Waals surface area contributed by atoms with Gasteiger partial charge in [0.25, 0.3) is 0 Å². The van der Waals surface area contributed by atoms with Crippen molar-refractivity contribution in [3.63, 3.8) is 0 Å². The fourth-order valence-corrected chi connectivity index (χ4v) is 0. The van der Waals surface area contributed by atoms with Crippen molar-refractivity contribution in [2.75, 3.05) is 0 Å². The van der Waals surface area contributed by atoms with Crippen molar-refractivity contribution in [1.29, 1.82) is 0 Å². The van der Waals surface area contributed by atoms with Crippen molar-refractivity contribution in [3.8, 4) is 0 Å². The van der Waals surface area contributed by atoms with E-state index in [4.69, 9.17) is 0 Å². The SMILES string of the molecule is CCC(C)(C)[O-].CCC(C)(C)[O-].CCC(C)(C)[O-].CCC(C)(C)[O-].CCC(C)(C)[O-].CCC(C)(C)[O-].[W+6]. The molecule has 0 radical (unpaired) electrons. The van der Waals surface area contributed by atoms with Gasteiger partial charge in [0, 0.05) is 0 Å². The first-order valence-corrected chi connectivity index (χ1v) is 13.6. The summed E-state index contributed by atoms with van der Waals surface area (Å²) in [6.07, 6.45) is 4.29. The predicted molar refractivity (Wildman–Crippen MR) is 146 cm³/mol. The van der Waals surface area contributed by atoms with Gasteiger partial charge in [-0.25, -0.2) is 0 Å². The van der Waals surface area contributed by atoms with Crippen LogP contribution in [0.25, 0.3) is 0 Å². The van der Waals surface area contributed by atoms with Gasteiger partial charge in [-0.1, -0.05) is 163 Å². The normalized spacial score (nSPS) is 11.7. The predicted octanol–water partition coefficient (Wildman–Crippen LogP) is 3.21. The molecule has 0 aromatic heterocycles. The van der Waals surface area contributed by atoms with Gasteiger partial charge in [0.15, 0.2) is 0 Å². The molecule has 0 aliphatic rings. The van der Waals surface area contributed by atoms with Crippen LogP contribution < -0.4 is 30.6 Å². The van der Waals surface area contributed by atoms with Crippen LogP contribution in [0, 0.1) is 0 Å². The average Bonchev–Trinajstić information content (AvgIpc) is 2.67. The third-order valence-electron chi connectivity index (χ3n) is 5.11. The summed E-state index contributed by atoms with van der Waals surface area (Å²) in [5.74, 6) is 0. The molecule has 0 unspecified atom stereocenters. The first kappa shape index (κ1) is 53.7. The van der Waals surface area contributed by atoms with Gasteiger partial charge in [-0.15, -0.1) is 33.6 Å². The van der Waals surface area contributed by atoms with E-state index < -0.39 is 33.6 Å².